The van der Waals surface area contributed by atoms with E-state index in [1.165, 1.54) is 0 Å². The van der Waals surface area contributed by atoms with E-state index in [1.807, 2.05) is 13.0 Å². The van der Waals surface area contributed by atoms with Gasteiger partial charge in [-0.05, 0) is 57.6 Å². The third-order valence-corrected chi connectivity index (χ3v) is 4.47. The van der Waals surface area contributed by atoms with Gasteiger partial charge in [0, 0.05) is 13.1 Å². The number of nitrogens with zero attached hydrogens (tertiary/aromatic N) is 1. The second-order valence-corrected chi connectivity index (χ2v) is 6.27. The molecule has 1 unspecified atom stereocenters. The molecule has 1 aliphatic heterocycles. The number of carbonyl (C=O) groups excluding carboxylic acids is 2. The lowest BCUT2D eigenvalue weighted by Crippen LogP contribution is -2.41. The quantitative estimate of drug-likeness (QED) is 0.803. The summed E-state index contributed by atoms with van der Waals surface area (Å²) < 4.78 is 0.663. The van der Waals surface area contributed by atoms with Crippen molar-refractivity contribution in [3.8, 4) is 5.75 Å². The van der Waals surface area contributed by atoms with Gasteiger partial charge in [0.15, 0.2) is 0 Å². The molecule has 6 heteroatoms. The minimum atomic E-state index is -0.353. The van der Waals surface area contributed by atoms with Crippen LogP contribution in [0, 0.1) is 0 Å². The molecule has 0 saturated heterocycles. The number of aromatic hydroxyl groups is 1. The Morgan fingerprint density at radius 2 is 2.27 bits per heavy atom. The van der Waals surface area contributed by atoms with Crippen LogP contribution in [0.5, 0.6) is 5.75 Å². The molecule has 1 atom stereocenters. The summed E-state index contributed by atoms with van der Waals surface area (Å²) in [6.45, 7) is 6.52. The van der Waals surface area contributed by atoms with E-state index in [9.17, 15) is 14.7 Å². The van der Waals surface area contributed by atoms with E-state index in [0.717, 1.165) is 23.6 Å². The van der Waals surface area contributed by atoms with Gasteiger partial charge in [-0.1, -0.05) is 13.5 Å². The highest BCUT2D eigenvalue weighted by molar-refractivity contribution is 9.10. The summed E-state index contributed by atoms with van der Waals surface area (Å²) >= 11 is 3.33. The maximum absolute atomic E-state index is 12.2. The number of benzene rings is 1. The highest BCUT2D eigenvalue weighted by atomic mass is 79.9. The van der Waals surface area contributed by atoms with E-state index in [4.69, 9.17) is 0 Å². The molecule has 0 bridgehead atoms. The number of hydrogen-bond acceptors (Lipinski definition) is 3. The highest BCUT2D eigenvalue weighted by Gasteiger charge is 2.24. The Balaban J connectivity index is 2.10. The fourth-order valence-corrected chi connectivity index (χ4v) is 3.03. The zero-order chi connectivity index (χ0) is 16.3. The maximum Gasteiger partial charge on any atom is 0.243 e. The first-order valence-corrected chi connectivity index (χ1v) is 7.91. The number of phenolic OH excluding ortho intramolecular Hbond substituents is 1. The van der Waals surface area contributed by atoms with Gasteiger partial charge in [-0.15, -0.1) is 0 Å². The van der Waals surface area contributed by atoms with Crippen LogP contribution in [0.15, 0.2) is 29.3 Å². The second-order valence-electron chi connectivity index (χ2n) is 5.42. The number of fused-ring (bicyclic) bond motifs is 1. The molecule has 0 radical (unpaired) electrons. The van der Waals surface area contributed by atoms with Gasteiger partial charge in [-0.25, -0.2) is 0 Å². The maximum atomic E-state index is 12.2. The van der Waals surface area contributed by atoms with Crippen LogP contribution in [0.1, 0.15) is 24.0 Å². The van der Waals surface area contributed by atoms with Crippen molar-refractivity contribution < 1.29 is 14.7 Å². The molecule has 22 heavy (non-hydrogen) atoms. The number of carbonyl (C=O) groups is 2. The SMILES string of the molecule is C=CC(=O)NCC(=O)N1CCc2cc(Br)c(O)cc2C(C)C1. The number of halogens is 1. The van der Waals surface area contributed by atoms with Crippen LogP contribution < -0.4 is 5.32 Å². The van der Waals surface area contributed by atoms with Crippen molar-refractivity contribution in [2.45, 2.75) is 19.3 Å². The molecule has 5 nitrogen and oxygen atoms in total. The first-order valence-electron chi connectivity index (χ1n) is 7.11. The Morgan fingerprint density at radius 3 is 2.95 bits per heavy atom. The number of rotatable bonds is 3. The van der Waals surface area contributed by atoms with Crippen molar-refractivity contribution >= 4 is 27.7 Å². The van der Waals surface area contributed by atoms with Crippen molar-refractivity contribution in [3.05, 3.63) is 40.4 Å². The van der Waals surface area contributed by atoms with Crippen LogP contribution in [0.4, 0.5) is 0 Å². The molecule has 1 aromatic carbocycles. The zero-order valence-corrected chi connectivity index (χ0v) is 14.0. The van der Waals surface area contributed by atoms with Crippen molar-refractivity contribution in [2.24, 2.45) is 0 Å². The topological polar surface area (TPSA) is 69.6 Å². The lowest BCUT2D eigenvalue weighted by atomic mass is 9.95. The molecule has 1 heterocycles. The van der Waals surface area contributed by atoms with Crippen molar-refractivity contribution in [1.29, 1.82) is 0 Å². The smallest absolute Gasteiger partial charge is 0.243 e. The van der Waals surface area contributed by atoms with Crippen LogP contribution in [0.2, 0.25) is 0 Å². The van der Waals surface area contributed by atoms with Gasteiger partial charge in [0.25, 0.3) is 0 Å². The predicted molar refractivity (Wildman–Crippen MR) is 87.7 cm³/mol. The molecule has 1 aromatic rings. The molecular weight excluding hydrogens is 348 g/mol. The molecule has 0 saturated carbocycles. The highest BCUT2D eigenvalue weighted by Crippen LogP contribution is 2.33. The number of hydrogen-bond donors (Lipinski definition) is 2. The van der Waals surface area contributed by atoms with Crippen molar-refractivity contribution in [1.82, 2.24) is 10.2 Å². The molecule has 0 aromatic heterocycles. The zero-order valence-electron chi connectivity index (χ0n) is 12.4. The van der Waals surface area contributed by atoms with Gasteiger partial charge in [0.2, 0.25) is 11.8 Å². The summed E-state index contributed by atoms with van der Waals surface area (Å²) in [5.41, 5.74) is 2.19. The molecule has 2 amide bonds. The normalized spacial score (nSPS) is 17.4. The molecule has 1 aliphatic rings. The molecule has 0 spiro atoms. The van der Waals surface area contributed by atoms with Crippen LogP contribution >= 0.6 is 15.9 Å². The predicted octanol–water partition coefficient (Wildman–Crippen LogP) is 1.95. The first kappa shape index (κ1) is 16.5. The lowest BCUT2D eigenvalue weighted by molar-refractivity contribution is -0.132. The molecular formula is C16H19BrN2O3. The number of nitrogens with one attached hydrogen (secondary N) is 1. The second kappa shape index (κ2) is 6.96. The molecule has 118 valence electrons. The van der Waals surface area contributed by atoms with Gasteiger partial charge >= 0.3 is 0 Å². The Kier molecular flexibility index (Phi) is 5.24. The monoisotopic (exact) mass is 366 g/mol. The summed E-state index contributed by atoms with van der Waals surface area (Å²) in [5, 5.41) is 12.4. The number of phenols is 1. The lowest BCUT2D eigenvalue weighted by Gasteiger charge is -2.23. The van der Waals surface area contributed by atoms with E-state index in [-0.39, 0.29) is 30.0 Å². The molecule has 0 fully saturated rings. The summed E-state index contributed by atoms with van der Waals surface area (Å²) in [6.07, 6.45) is 1.87. The van der Waals surface area contributed by atoms with Gasteiger partial charge in [0.05, 0.1) is 11.0 Å². The summed E-state index contributed by atoms with van der Waals surface area (Å²) in [5.74, 6) is -0.134. The summed E-state index contributed by atoms with van der Waals surface area (Å²) in [7, 11) is 0. The average molecular weight is 367 g/mol. The van der Waals surface area contributed by atoms with Crippen LogP contribution in [-0.4, -0.2) is 41.5 Å². The van der Waals surface area contributed by atoms with Crippen molar-refractivity contribution in [3.63, 3.8) is 0 Å². The van der Waals surface area contributed by atoms with Gasteiger partial charge in [-0.2, -0.15) is 0 Å². The third kappa shape index (κ3) is 3.68. The first-order chi connectivity index (χ1) is 10.4. The van der Waals surface area contributed by atoms with E-state index in [0.29, 0.717) is 17.6 Å². The van der Waals surface area contributed by atoms with Crippen LogP contribution in [0.3, 0.4) is 0 Å². The molecule has 2 rings (SSSR count). The Morgan fingerprint density at radius 1 is 1.55 bits per heavy atom. The fraction of sp³-hybridized carbons (Fsp3) is 0.375. The standard InChI is InChI=1S/C16H19BrN2O3/c1-3-15(21)18-8-16(22)19-5-4-11-6-13(17)14(20)7-12(11)10(2)9-19/h3,6-7,10,20H,1,4-5,8-9H2,2H3,(H,18,21). The third-order valence-electron chi connectivity index (χ3n) is 3.84. The summed E-state index contributed by atoms with van der Waals surface area (Å²) in [4.78, 5) is 25.1. The summed E-state index contributed by atoms with van der Waals surface area (Å²) in [6, 6.07) is 3.67. The van der Waals surface area contributed by atoms with Crippen LogP contribution in [-0.2, 0) is 16.0 Å². The van der Waals surface area contributed by atoms with Gasteiger partial charge in [0.1, 0.15) is 5.75 Å². The van der Waals surface area contributed by atoms with Crippen molar-refractivity contribution in [2.75, 3.05) is 19.6 Å². The average Bonchev–Trinajstić information content (AvgIpc) is 2.65. The number of amides is 2. The Bertz CT molecular complexity index is 616. The molecule has 2 N–H and O–H groups in total. The Labute approximate surface area is 138 Å². The van der Waals surface area contributed by atoms with E-state index >= 15 is 0 Å². The van der Waals surface area contributed by atoms with Crippen LogP contribution in [0.25, 0.3) is 0 Å². The van der Waals surface area contributed by atoms with Gasteiger partial charge in [-0.3, -0.25) is 9.59 Å². The van der Waals surface area contributed by atoms with E-state index in [1.54, 1.807) is 11.0 Å². The van der Waals surface area contributed by atoms with E-state index < -0.39 is 0 Å². The molecule has 0 aliphatic carbocycles. The van der Waals surface area contributed by atoms with Gasteiger partial charge < -0.3 is 15.3 Å². The minimum absolute atomic E-state index is 0.0249. The van der Waals surface area contributed by atoms with E-state index in [2.05, 4.69) is 27.8 Å². The fourth-order valence-electron chi connectivity index (χ4n) is 2.64. The Hall–Kier alpha value is -1.82. The largest absolute Gasteiger partial charge is 0.507 e. The minimum Gasteiger partial charge on any atom is -0.507 e.